The summed E-state index contributed by atoms with van der Waals surface area (Å²) >= 11 is 0. The van der Waals surface area contributed by atoms with Crippen LogP contribution in [0.25, 0.3) is 22.4 Å². The monoisotopic (exact) mass is 358 g/mol. The molecule has 0 unspecified atom stereocenters. The molecule has 0 radical (unpaired) electrons. The molecule has 1 heterocycles. The quantitative estimate of drug-likeness (QED) is 0.704. The number of hydrogen-bond acceptors (Lipinski definition) is 5. The van der Waals surface area contributed by atoms with E-state index in [9.17, 15) is 8.42 Å². The van der Waals surface area contributed by atoms with E-state index in [4.69, 9.17) is 14.8 Å². The fourth-order valence-corrected chi connectivity index (χ4v) is 3.47. The van der Waals surface area contributed by atoms with E-state index in [1.807, 2.05) is 30.3 Å². The Hall–Kier alpha value is -2.48. The molecule has 0 aliphatic rings. The van der Waals surface area contributed by atoms with Gasteiger partial charge < -0.3 is 9.63 Å². The van der Waals surface area contributed by atoms with Gasteiger partial charge in [0.15, 0.2) is 0 Å². The van der Waals surface area contributed by atoms with E-state index in [1.54, 1.807) is 18.2 Å². The topological polar surface area (TPSA) is 106 Å². The Balaban J connectivity index is 2.26. The standard InChI is InChI=1S/C18H18N2O4S/c19-25(22,23)16-11-5-4-9-14(16)17-15(10-6-12-21)24-20-18(17)13-7-2-1-3-8-13/h1-5,7-9,11,21H,6,10,12H2,(H2,19,22,23). The average Bonchev–Trinajstić information content (AvgIpc) is 3.03. The fraction of sp³-hybridized carbons (Fsp3) is 0.167. The number of aryl methyl sites for hydroxylation is 1. The zero-order valence-corrected chi connectivity index (χ0v) is 14.2. The van der Waals surface area contributed by atoms with Crippen LogP contribution in [-0.2, 0) is 16.4 Å². The van der Waals surface area contributed by atoms with Crippen molar-refractivity contribution in [3.05, 3.63) is 60.4 Å². The third-order valence-electron chi connectivity index (χ3n) is 3.83. The first-order valence-electron chi connectivity index (χ1n) is 7.79. The maximum Gasteiger partial charge on any atom is 0.238 e. The second-order valence-corrected chi connectivity index (χ2v) is 7.09. The molecular weight excluding hydrogens is 340 g/mol. The molecule has 0 aliphatic carbocycles. The Bertz CT molecular complexity index is 966. The first kappa shape index (κ1) is 17.3. The van der Waals surface area contributed by atoms with Crippen molar-refractivity contribution in [1.82, 2.24) is 5.16 Å². The summed E-state index contributed by atoms with van der Waals surface area (Å²) in [5.74, 6) is 0.518. The fourth-order valence-electron chi connectivity index (χ4n) is 2.73. The Morgan fingerprint density at radius 1 is 1.04 bits per heavy atom. The van der Waals surface area contributed by atoms with Crippen LogP contribution in [0.3, 0.4) is 0 Å². The predicted molar refractivity (Wildman–Crippen MR) is 94.2 cm³/mol. The number of rotatable bonds is 6. The lowest BCUT2D eigenvalue weighted by atomic mass is 9.97. The van der Waals surface area contributed by atoms with Gasteiger partial charge in [0.1, 0.15) is 11.5 Å². The van der Waals surface area contributed by atoms with E-state index in [1.165, 1.54) is 6.07 Å². The minimum Gasteiger partial charge on any atom is -0.396 e. The van der Waals surface area contributed by atoms with Gasteiger partial charge in [0.2, 0.25) is 10.0 Å². The summed E-state index contributed by atoms with van der Waals surface area (Å²) in [6.07, 6.45) is 0.915. The van der Waals surface area contributed by atoms with Crippen LogP contribution in [0.1, 0.15) is 12.2 Å². The van der Waals surface area contributed by atoms with Gasteiger partial charge in [0.05, 0.1) is 10.5 Å². The van der Waals surface area contributed by atoms with Gasteiger partial charge in [-0.05, 0) is 12.5 Å². The van der Waals surface area contributed by atoms with Crippen LogP contribution in [0.2, 0.25) is 0 Å². The summed E-state index contributed by atoms with van der Waals surface area (Å²) < 4.78 is 29.5. The SMILES string of the molecule is NS(=O)(=O)c1ccccc1-c1c(-c2ccccc2)noc1CCCO. The van der Waals surface area contributed by atoms with Crippen molar-refractivity contribution in [2.45, 2.75) is 17.7 Å². The number of aliphatic hydroxyl groups excluding tert-OH is 1. The summed E-state index contributed by atoms with van der Waals surface area (Å²) in [7, 11) is -3.91. The number of nitrogens with two attached hydrogens (primary N) is 1. The lowest BCUT2D eigenvalue weighted by Gasteiger charge is -2.09. The van der Waals surface area contributed by atoms with Gasteiger partial charge in [-0.15, -0.1) is 0 Å². The molecule has 25 heavy (non-hydrogen) atoms. The van der Waals surface area contributed by atoms with Crippen molar-refractivity contribution >= 4 is 10.0 Å². The van der Waals surface area contributed by atoms with Crippen molar-refractivity contribution in [2.24, 2.45) is 5.14 Å². The lowest BCUT2D eigenvalue weighted by Crippen LogP contribution is -2.13. The zero-order chi connectivity index (χ0) is 17.9. The number of aromatic nitrogens is 1. The van der Waals surface area contributed by atoms with Crippen LogP contribution >= 0.6 is 0 Å². The molecule has 1 aromatic heterocycles. The maximum absolute atomic E-state index is 12.0. The number of aliphatic hydroxyl groups is 1. The molecule has 0 atom stereocenters. The predicted octanol–water partition coefficient (Wildman–Crippen LogP) is 2.58. The van der Waals surface area contributed by atoms with Gasteiger partial charge in [0, 0.05) is 24.2 Å². The number of hydrogen-bond donors (Lipinski definition) is 2. The van der Waals surface area contributed by atoms with Gasteiger partial charge in [-0.25, -0.2) is 13.6 Å². The third kappa shape index (κ3) is 3.63. The molecule has 0 aliphatic heterocycles. The summed E-state index contributed by atoms with van der Waals surface area (Å²) in [4.78, 5) is 0.0145. The van der Waals surface area contributed by atoms with Gasteiger partial charge >= 0.3 is 0 Å². The molecule has 0 saturated heterocycles. The minimum atomic E-state index is -3.91. The average molecular weight is 358 g/mol. The molecule has 3 rings (SSSR count). The smallest absolute Gasteiger partial charge is 0.238 e. The summed E-state index contributed by atoms with van der Waals surface area (Å²) in [5, 5.41) is 18.6. The van der Waals surface area contributed by atoms with E-state index in [0.717, 1.165) is 5.56 Å². The molecule has 2 aromatic carbocycles. The third-order valence-corrected chi connectivity index (χ3v) is 4.80. The van der Waals surface area contributed by atoms with Gasteiger partial charge in [0.25, 0.3) is 0 Å². The van der Waals surface area contributed by atoms with E-state index in [0.29, 0.717) is 35.4 Å². The maximum atomic E-state index is 12.0. The Labute approximate surface area is 146 Å². The van der Waals surface area contributed by atoms with Crippen LogP contribution in [0.5, 0.6) is 0 Å². The molecule has 0 fully saturated rings. The van der Waals surface area contributed by atoms with E-state index in [-0.39, 0.29) is 11.5 Å². The van der Waals surface area contributed by atoms with Crippen molar-refractivity contribution in [1.29, 1.82) is 0 Å². The molecular formula is C18H18N2O4S. The van der Waals surface area contributed by atoms with Crippen LogP contribution in [0.4, 0.5) is 0 Å². The molecule has 3 N–H and O–H groups in total. The first-order chi connectivity index (χ1) is 12.0. The number of nitrogens with zero attached hydrogens (tertiary/aromatic N) is 1. The number of sulfonamides is 1. The summed E-state index contributed by atoms with van der Waals surface area (Å²) in [5.41, 5.74) is 2.38. The number of primary sulfonamides is 1. The lowest BCUT2D eigenvalue weighted by molar-refractivity contribution is 0.280. The zero-order valence-electron chi connectivity index (χ0n) is 13.4. The molecule has 0 saturated carbocycles. The molecule has 6 nitrogen and oxygen atoms in total. The largest absolute Gasteiger partial charge is 0.396 e. The first-order valence-corrected chi connectivity index (χ1v) is 9.34. The highest BCUT2D eigenvalue weighted by molar-refractivity contribution is 7.89. The molecule has 7 heteroatoms. The van der Waals surface area contributed by atoms with Crippen LogP contribution < -0.4 is 5.14 Å². The van der Waals surface area contributed by atoms with Gasteiger partial charge in [-0.1, -0.05) is 53.7 Å². The summed E-state index contributed by atoms with van der Waals surface area (Å²) in [6.45, 7) is -0.00234. The molecule has 0 spiro atoms. The molecule has 130 valence electrons. The van der Waals surface area contributed by atoms with Crippen LogP contribution in [0.15, 0.2) is 64.0 Å². The highest BCUT2D eigenvalue weighted by atomic mass is 32.2. The Kier molecular flexibility index (Phi) is 4.98. The molecule has 3 aromatic rings. The van der Waals surface area contributed by atoms with Gasteiger partial charge in [-0.2, -0.15) is 0 Å². The van der Waals surface area contributed by atoms with Gasteiger partial charge in [-0.3, -0.25) is 0 Å². The van der Waals surface area contributed by atoms with Crippen LogP contribution in [0, 0.1) is 0 Å². The summed E-state index contributed by atoms with van der Waals surface area (Å²) in [6, 6.07) is 15.9. The highest BCUT2D eigenvalue weighted by Crippen LogP contribution is 2.38. The van der Waals surface area contributed by atoms with E-state index < -0.39 is 10.0 Å². The van der Waals surface area contributed by atoms with Crippen LogP contribution in [-0.4, -0.2) is 25.3 Å². The molecule has 0 bridgehead atoms. The van der Waals surface area contributed by atoms with Crippen molar-refractivity contribution in [2.75, 3.05) is 6.61 Å². The number of benzene rings is 2. The highest BCUT2D eigenvalue weighted by Gasteiger charge is 2.24. The molecule has 0 amide bonds. The van der Waals surface area contributed by atoms with Crippen molar-refractivity contribution < 1.29 is 18.0 Å². The second kappa shape index (κ2) is 7.18. The van der Waals surface area contributed by atoms with Crippen molar-refractivity contribution in [3.8, 4) is 22.4 Å². The second-order valence-electron chi connectivity index (χ2n) is 5.56. The van der Waals surface area contributed by atoms with Crippen molar-refractivity contribution in [3.63, 3.8) is 0 Å². The Morgan fingerprint density at radius 2 is 1.72 bits per heavy atom. The van der Waals surface area contributed by atoms with E-state index in [2.05, 4.69) is 5.16 Å². The minimum absolute atomic E-state index is 0.00234. The normalized spacial score (nSPS) is 11.6. The van der Waals surface area contributed by atoms with E-state index >= 15 is 0 Å². The Morgan fingerprint density at radius 3 is 2.40 bits per heavy atom.